The van der Waals surface area contributed by atoms with Gasteiger partial charge in [-0.05, 0) is 61.3 Å². The lowest BCUT2D eigenvalue weighted by molar-refractivity contribution is 0.0750. The largest absolute Gasteiger partial charge is 0.387 e. The third kappa shape index (κ3) is 6.85. The number of rotatable bonds is 12. The van der Waals surface area contributed by atoms with Crippen molar-refractivity contribution in [2.75, 3.05) is 33.4 Å². The summed E-state index contributed by atoms with van der Waals surface area (Å²) in [6.45, 7) is 7.35. The number of carbonyl (C=O) groups is 1. The van der Waals surface area contributed by atoms with Crippen molar-refractivity contribution in [3.05, 3.63) is 65.5 Å². The van der Waals surface area contributed by atoms with E-state index < -0.39 is 6.10 Å². The van der Waals surface area contributed by atoms with Gasteiger partial charge in [-0.2, -0.15) is 0 Å². The van der Waals surface area contributed by atoms with Crippen LogP contribution in [0, 0.1) is 5.41 Å². The summed E-state index contributed by atoms with van der Waals surface area (Å²) in [5.41, 5.74) is 2.69. The number of benzene rings is 1. The van der Waals surface area contributed by atoms with Crippen molar-refractivity contribution >= 4 is 5.91 Å². The van der Waals surface area contributed by atoms with Crippen LogP contribution in [0.5, 0.6) is 0 Å². The molecule has 1 aromatic heterocycles. The van der Waals surface area contributed by atoms with Crippen LogP contribution in [0.1, 0.15) is 67.3 Å². The number of carbonyl (C=O) groups excluding carboxylic acids is 1. The number of aliphatic hydroxyl groups is 1. The summed E-state index contributed by atoms with van der Waals surface area (Å²) in [5, 5.41) is 14.1. The smallest absolute Gasteiger partial charge is 0.272 e. The maximum atomic E-state index is 12.8. The highest BCUT2D eigenvalue weighted by atomic mass is 16.5. The van der Waals surface area contributed by atoms with Gasteiger partial charge in [0.25, 0.3) is 5.91 Å². The van der Waals surface area contributed by atoms with Crippen molar-refractivity contribution in [2.45, 2.75) is 58.1 Å². The van der Waals surface area contributed by atoms with Crippen LogP contribution in [0.15, 0.2) is 48.7 Å². The molecule has 180 valence electrons. The van der Waals surface area contributed by atoms with E-state index in [0.717, 1.165) is 63.0 Å². The number of hydrogen-bond acceptors (Lipinski definition) is 5. The molecule has 3 atom stereocenters. The predicted octanol–water partition coefficient (Wildman–Crippen LogP) is 4.00. The molecule has 0 radical (unpaired) electrons. The highest BCUT2D eigenvalue weighted by Crippen LogP contribution is 2.35. The molecular formula is C27H39N3O3. The number of pyridine rings is 1. The maximum absolute atomic E-state index is 12.8. The fraction of sp³-hybridized carbons (Fsp3) is 0.556. The minimum absolute atomic E-state index is 0.00783. The summed E-state index contributed by atoms with van der Waals surface area (Å²) >= 11 is 0. The summed E-state index contributed by atoms with van der Waals surface area (Å²) in [7, 11) is 1.85. The molecule has 0 aliphatic carbocycles. The first-order chi connectivity index (χ1) is 16.0. The van der Waals surface area contributed by atoms with E-state index in [2.05, 4.69) is 24.1 Å². The summed E-state index contributed by atoms with van der Waals surface area (Å²) < 4.78 is 5.60. The summed E-state index contributed by atoms with van der Waals surface area (Å²) in [6.07, 6.45) is 5.99. The molecule has 1 saturated heterocycles. The van der Waals surface area contributed by atoms with Gasteiger partial charge in [0, 0.05) is 32.4 Å². The van der Waals surface area contributed by atoms with Gasteiger partial charge in [-0.15, -0.1) is 0 Å². The van der Waals surface area contributed by atoms with Crippen molar-refractivity contribution in [3.8, 4) is 0 Å². The molecule has 6 nitrogen and oxygen atoms in total. The third-order valence-electron chi connectivity index (χ3n) is 7.09. The predicted molar refractivity (Wildman–Crippen MR) is 131 cm³/mol. The van der Waals surface area contributed by atoms with Crippen molar-refractivity contribution in [1.29, 1.82) is 0 Å². The molecule has 2 aromatic rings. The molecule has 33 heavy (non-hydrogen) atoms. The minimum Gasteiger partial charge on any atom is -0.387 e. The molecular weight excluding hydrogens is 414 g/mol. The van der Waals surface area contributed by atoms with E-state index in [1.165, 1.54) is 0 Å². The summed E-state index contributed by atoms with van der Waals surface area (Å²) in [5.74, 6) is -0.0399. The Kier molecular flexibility index (Phi) is 9.41. The zero-order valence-corrected chi connectivity index (χ0v) is 20.3. The molecule has 6 heteroatoms. The van der Waals surface area contributed by atoms with Crippen LogP contribution in [0.2, 0.25) is 0 Å². The van der Waals surface area contributed by atoms with Crippen molar-refractivity contribution in [1.82, 2.24) is 15.2 Å². The molecule has 1 unspecified atom stereocenters. The normalized spacial score (nSPS) is 19.9. The van der Waals surface area contributed by atoms with Gasteiger partial charge in [-0.1, -0.05) is 50.2 Å². The molecule has 1 aromatic carbocycles. The van der Waals surface area contributed by atoms with Gasteiger partial charge in [0.1, 0.15) is 5.69 Å². The van der Waals surface area contributed by atoms with Crippen LogP contribution in [-0.2, 0) is 11.2 Å². The second-order valence-corrected chi connectivity index (χ2v) is 9.26. The molecule has 0 saturated carbocycles. The highest BCUT2D eigenvalue weighted by Gasteiger charge is 2.33. The zero-order chi connectivity index (χ0) is 23.7. The zero-order valence-electron chi connectivity index (χ0n) is 20.3. The fourth-order valence-electron chi connectivity index (χ4n) is 4.47. The van der Waals surface area contributed by atoms with Gasteiger partial charge in [-0.3, -0.25) is 9.78 Å². The van der Waals surface area contributed by atoms with Gasteiger partial charge in [-0.25, -0.2) is 0 Å². The molecule has 3 rings (SSSR count). The number of hydrogen-bond donors (Lipinski definition) is 2. The molecule has 2 N–H and O–H groups in total. The topological polar surface area (TPSA) is 74.7 Å². The number of ether oxygens (including phenoxy) is 1. The first kappa shape index (κ1) is 25.3. The maximum Gasteiger partial charge on any atom is 0.272 e. The lowest BCUT2D eigenvalue weighted by atomic mass is 9.81. The molecule has 1 aliphatic rings. The lowest BCUT2D eigenvalue weighted by Gasteiger charge is -2.28. The number of aromatic nitrogens is 1. The van der Waals surface area contributed by atoms with E-state index in [4.69, 9.17) is 4.74 Å². The molecule has 1 fully saturated rings. The second-order valence-electron chi connectivity index (χ2n) is 9.26. The van der Waals surface area contributed by atoms with Gasteiger partial charge >= 0.3 is 0 Å². The Labute approximate surface area is 198 Å². The average Bonchev–Trinajstić information content (AvgIpc) is 3.35. The Morgan fingerprint density at radius 1 is 1.24 bits per heavy atom. The molecule has 2 heterocycles. The SMILES string of the molecule is CC[C@@H](NCCc1ccc(C(=O)N(C)CCC2(CC)CCOC2)nc1)[C@H](O)c1ccccc1. The highest BCUT2D eigenvalue weighted by molar-refractivity contribution is 5.92. The summed E-state index contributed by atoms with van der Waals surface area (Å²) in [4.78, 5) is 19.0. The Morgan fingerprint density at radius 2 is 2.03 bits per heavy atom. The van der Waals surface area contributed by atoms with Gasteiger partial charge in [0.05, 0.1) is 12.7 Å². The summed E-state index contributed by atoms with van der Waals surface area (Å²) in [6, 6.07) is 13.5. The Balaban J connectivity index is 1.46. The number of nitrogens with one attached hydrogen (secondary N) is 1. The monoisotopic (exact) mass is 453 g/mol. The van der Waals surface area contributed by atoms with Crippen LogP contribution < -0.4 is 5.32 Å². The van der Waals surface area contributed by atoms with Gasteiger partial charge < -0.3 is 20.1 Å². The average molecular weight is 454 g/mol. The molecule has 0 spiro atoms. The Morgan fingerprint density at radius 3 is 2.64 bits per heavy atom. The van der Waals surface area contributed by atoms with Crippen LogP contribution in [0.25, 0.3) is 0 Å². The fourth-order valence-corrected chi connectivity index (χ4v) is 4.47. The Hall–Kier alpha value is -2.28. The van der Waals surface area contributed by atoms with Crippen molar-refractivity contribution in [3.63, 3.8) is 0 Å². The second kappa shape index (κ2) is 12.3. The number of nitrogens with zero attached hydrogens (tertiary/aromatic N) is 2. The van der Waals surface area contributed by atoms with E-state index in [9.17, 15) is 9.90 Å². The molecule has 1 amide bonds. The van der Waals surface area contributed by atoms with E-state index >= 15 is 0 Å². The van der Waals surface area contributed by atoms with Crippen LogP contribution in [0.3, 0.4) is 0 Å². The minimum atomic E-state index is -0.535. The van der Waals surface area contributed by atoms with E-state index in [0.29, 0.717) is 12.2 Å². The number of aliphatic hydroxyl groups excluding tert-OH is 1. The van der Waals surface area contributed by atoms with E-state index in [-0.39, 0.29) is 17.4 Å². The Bertz CT molecular complexity index is 851. The number of amides is 1. The van der Waals surface area contributed by atoms with Gasteiger partial charge in [0.15, 0.2) is 0 Å². The van der Waals surface area contributed by atoms with Crippen LogP contribution in [-0.4, -0.2) is 60.3 Å². The van der Waals surface area contributed by atoms with E-state index in [1.54, 1.807) is 11.1 Å². The van der Waals surface area contributed by atoms with Crippen LogP contribution in [0.4, 0.5) is 0 Å². The van der Waals surface area contributed by atoms with E-state index in [1.807, 2.05) is 49.5 Å². The van der Waals surface area contributed by atoms with Crippen molar-refractivity contribution < 1.29 is 14.6 Å². The third-order valence-corrected chi connectivity index (χ3v) is 7.09. The standard InChI is InChI=1S/C27H39N3O3/c1-4-23(25(31)22-9-7-6-8-10-22)28-16-13-21-11-12-24(29-19-21)26(32)30(3)17-14-27(5-2)15-18-33-20-27/h6-12,19,23,25,28,31H,4-5,13-18,20H2,1-3H3/t23-,25-,27?/m1/s1. The molecule has 0 bridgehead atoms. The first-order valence-corrected chi connectivity index (χ1v) is 12.2. The lowest BCUT2D eigenvalue weighted by Crippen LogP contribution is -2.35. The van der Waals surface area contributed by atoms with Crippen LogP contribution >= 0.6 is 0 Å². The van der Waals surface area contributed by atoms with Crippen molar-refractivity contribution in [2.24, 2.45) is 5.41 Å². The molecule has 1 aliphatic heterocycles. The first-order valence-electron chi connectivity index (χ1n) is 12.2. The quantitative estimate of drug-likeness (QED) is 0.508. The van der Waals surface area contributed by atoms with Gasteiger partial charge in [0.2, 0.25) is 0 Å².